The average Bonchev–Trinajstić information content (AvgIpc) is 3.39. The molecule has 1 saturated heterocycles. The summed E-state index contributed by atoms with van der Waals surface area (Å²) in [5.74, 6) is 0.985. The highest BCUT2D eigenvalue weighted by atomic mass is 32.2. The zero-order valence-corrected chi connectivity index (χ0v) is 19.2. The van der Waals surface area contributed by atoms with Crippen molar-refractivity contribution >= 4 is 27.2 Å². The van der Waals surface area contributed by atoms with Crippen LogP contribution in [0, 0.1) is 12.8 Å². The highest BCUT2D eigenvalue weighted by molar-refractivity contribution is 7.86. The Morgan fingerprint density at radius 3 is 2.76 bits per heavy atom. The number of ether oxygens (including phenoxy) is 1. The second-order valence-corrected chi connectivity index (χ2v) is 9.79. The lowest BCUT2D eigenvalue weighted by atomic mass is 10.2. The minimum atomic E-state index is -4.17. The van der Waals surface area contributed by atoms with Crippen molar-refractivity contribution in [1.82, 2.24) is 4.98 Å². The molecule has 0 aliphatic carbocycles. The smallest absolute Gasteiger partial charge is 0.298 e. The van der Waals surface area contributed by atoms with Gasteiger partial charge in [-0.25, -0.2) is 8.57 Å². The first-order chi connectivity index (χ1) is 15.7. The first-order valence-electron chi connectivity index (χ1n) is 10.6. The molecule has 1 aliphatic heterocycles. The molecule has 1 aromatic heterocycles. The van der Waals surface area contributed by atoms with E-state index in [0.717, 1.165) is 25.1 Å². The first kappa shape index (κ1) is 23.2. The number of aryl methyl sites for hydroxylation is 1. The van der Waals surface area contributed by atoms with Gasteiger partial charge in [-0.05, 0) is 43.5 Å². The summed E-state index contributed by atoms with van der Waals surface area (Å²) in [7, 11) is -4.17. The molecule has 33 heavy (non-hydrogen) atoms. The minimum absolute atomic E-state index is 0.0679. The van der Waals surface area contributed by atoms with Crippen LogP contribution < -0.4 is 15.4 Å². The molecule has 2 N–H and O–H groups in total. The topological polar surface area (TPSA) is 108 Å². The summed E-state index contributed by atoms with van der Waals surface area (Å²) in [5.41, 5.74) is 7.74. The van der Waals surface area contributed by atoms with Gasteiger partial charge in [-0.3, -0.25) is 0 Å². The van der Waals surface area contributed by atoms with Gasteiger partial charge in [-0.2, -0.15) is 13.4 Å². The van der Waals surface area contributed by atoms with Crippen molar-refractivity contribution in [2.45, 2.75) is 31.4 Å². The van der Waals surface area contributed by atoms with Crippen molar-refractivity contribution < 1.29 is 26.1 Å². The maximum Gasteiger partial charge on any atom is 0.298 e. The molecule has 8 nitrogen and oxygen atoms in total. The van der Waals surface area contributed by atoms with Crippen molar-refractivity contribution in [2.24, 2.45) is 11.7 Å². The van der Waals surface area contributed by atoms with Crippen LogP contribution in [0.2, 0.25) is 0 Å². The molecule has 0 spiro atoms. The Labute approximate surface area is 191 Å². The van der Waals surface area contributed by atoms with E-state index in [1.807, 2.05) is 6.92 Å². The molecule has 1 aliphatic rings. The molecule has 3 aromatic rings. The van der Waals surface area contributed by atoms with Crippen LogP contribution in [0.25, 0.3) is 11.1 Å². The molecule has 0 radical (unpaired) electrons. The zero-order chi connectivity index (χ0) is 23.6. The van der Waals surface area contributed by atoms with Crippen LogP contribution in [0.1, 0.15) is 18.9 Å². The number of nitrogens with zero attached hydrogens (tertiary/aromatic N) is 2. The number of halogens is 1. The second kappa shape index (κ2) is 9.50. The number of nitrogens with two attached hydrogens (primary N) is 1. The molecular formula is C23H26FN3O5S. The molecule has 0 bridgehead atoms. The van der Waals surface area contributed by atoms with E-state index in [4.69, 9.17) is 19.1 Å². The number of benzene rings is 2. The second-order valence-electron chi connectivity index (χ2n) is 8.22. The molecule has 4 rings (SSSR count). The van der Waals surface area contributed by atoms with Gasteiger partial charge < -0.3 is 19.8 Å². The molecule has 2 unspecified atom stereocenters. The van der Waals surface area contributed by atoms with Crippen LogP contribution in [0.5, 0.6) is 5.75 Å². The summed E-state index contributed by atoms with van der Waals surface area (Å²) in [6.07, 6.45) is -0.262. The first-order valence-corrected chi connectivity index (χ1v) is 12.0. The summed E-state index contributed by atoms with van der Waals surface area (Å²) in [6.45, 7) is 5.49. The van der Waals surface area contributed by atoms with Gasteiger partial charge >= 0.3 is 0 Å². The fraction of sp³-hybridized carbons (Fsp3) is 0.348. The number of anilines is 1. The Morgan fingerprint density at radius 2 is 2.09 bits per heavy atom. The molecule has 2 atom stereocenters. The summed E-state index contributed by atoms with van der Waals surface area (Å²) in [4.78, 5) is 6.54. The van der Waals surface area contributed by atoms with Gasteiger partial charge in [0.1, 0.15) is 17.9 Å². The normalized spacial score (nSPS) is 18.1. The van der Waals surface area contributed by atoms with Crippen molar-refractivity contribution in [1.29, 1.82) is 0 Å². The number of aromatic nitrogens is 1. The van der Waals surface area contributed by atoms with Crippen LogP contribution in [-0.2, 0) is 14.3 Å². The molecule has 2 aromatic carbocycles. The zero-order valence-electron chi connectivity index (χ0n) is 18.4. The number of rotatable bonds is 8. The highest BCUT2D eigenvalue weighted by Crippen LogP contribution is 2.29. The van der Waals surface area contributed by atoms with Gasteiger partial charge in [0, 0.05) is 24.7 Å². The third-order valence-electron chi connectivity index (χ3n) is 5.49. The van der Waals surface area contributed by atoms with E-state index in [2.05, 4.69) is 16.8 Å². The van der Waals surface area contributed by atoms with E-state index in [-0.39, 0.29) is 23.4 Å². The van der Waals surface area contributed by atoms with Crippen molar-refractivity contribution in [2.75, 3.05) is 24.6 Å². The third kappa shape index (κ3) is 5.35. The maximum absolute atomic E-state index is 13.5. The number of hydrogen-bond donors (Lipinski definition) is 1. The van der Waals surface area contributed by atoms with E-state index in [1.165, 1.54) is 12.1 Å². The van der Waals surface area contributed by atoms with Crippen LogP contribution >= 0.6 is 0 Å². The Bertz CT molecular complexity index is 1260. The van der Waals surface area contributed by atoms with Crippen LogP contribution in [0.3, 0.4) is 0 Å². The van der Waals surface area contributed by atoms with E-state index in [9.17, 15) is 12.8 Å². The number of hydrogen-bond acceptors (Lipinski definition) is 8. The van der Waals surface area contributed by atoms with Crippen molar-refractivity contribution in [3.63, 3.8) is 0 Å². The Hall–Kier alpha value is -2.95. The fourth-order valence-electron chi connectivity index (χ4n) is 3.53. The summed E-state index contributed by atoms with van der Waals surface area (Å²) < 4.78 is 54.7. The number of fused-ring (bicyclic) bond motifs is 1. The molecule has 10 heteroatoms. The molecule has 0 saturated carbocycles. The predicted octanol–water partition coefficient (Wildman–Crippen LogP) is 3.90. The van der Waals surface area contributed by atoms with Gasteiger partial charge in [0.05, 0.1) is 11.2 Å². The fourth-order valence-corrected chi connectivity index (χ4v) is 4.50. The molecule has 1 fully saturated rings. The van der Waals surface area contributed by atoms with Crippen molar-refractivity contribution in [3.8, 4) is 5.75 Å². The van der Waals surface area contributed by atoms with E-state index in [0.29, 0.717) is 28.8 Å². The van der Waals surface area contributed by atoms with Crippen LogP contribution in [0.4, 0.5) is 10.4 Å². The van der Waals surface area contributed by atoms with E-state index >= 15 is 0 Å². The summed E-state index contributed by atoms with van der Waals surface area (Å²) in [5, 5.41) is 0. The average molecular weight is 476 g/mol. The third-order valence-corrected chi connectivity index (χ3v) is 6.80. The monoisotopic (exact) mass is 475 g/mol. The minimum Gasteiger partial charge on any atom is -0.489 e. The molecule has 2 heterocycles. The Morgan fingerprint density at radius 1 is 1.33 bits per heavy atom. The molecule has 0 amide bonds. The van der Waals surface area contributed by atoms with Crippen LogP contribution in [-0.4, -0.2) is 39.3 Å². The van der Waals surface area contributed by atoms with Crippen molar-refractivity contribution in [3.05, 3.63) is 59.9 Å². The van der Waals surface area contributed by atoms with Gasteiger partial charge in [0.25, 0.3) is 16.1 Å². The predicted molar refractivity (Wildman–Crippen MR) is 122 cm³/mol. The SMILES string of the molecule is Cc1ccc(S(=O)(=O)OC(N)/C(=C\F)COc2ccc3nc(N4CCC(C)C4)oc3c2)cc1. The Balaban J connectivity index is 1.41. The lowest BCUT2D eigenvalue weighted by Crippen LogP contribution is -2.31. The van der Waals surface area contributed by atoms with E-state index < -0.39 is 16.3 Å². The van der Waals surface area contributed by atoms with E-state index in [1.54, 1.807) is 30.3 Å². The van der Waals surface area contributed by atoms with Gasteiger partial charge in [0.2, 0.25) is 0 Å². The summed E-state index contributed by atoms with van der Waals surface area (Å²) in [6, 6.07) is 11.7. The molecular weight excluding hydrogens is 449 g/mol. The number of oxazole rings is 1. The maximum atomic E-state index is 13.5. The van der Waals surface area contributed by atoms with Gasteiger partial charge in [-0.15, -0.1) is 0 Å². The summed E-state index contributed by atoms with van der Waals surface area (Å²) >= 11 is 0. The van der Waals surface area contributed by atoms with Gasteiger partial charge in [-0.1, -0.05) is 24.6 Å². The highest BCUT2D eigenvalue weighted by Gasteiger charge is 2.24. The largest absolute Gasteiger partial charge is 0.489 e. The lowest BCUT2D eigenvalue weighted by Gasteiger charge is -2.16. The standard InChI is InChI=1S/C23H26FN3O5S/c1-15-3-6-19(7-4-15)33(28,29)32-22(25)17(12-24)14-30-18-5-8-20-21(11-18)31-23(26-20)27-10-9-16(2)13-27/h3-8,11-12,16,22H,9-10,13-14,25H2,1-2H3/b17-12-. The van der Waals surface area contributed by atoms with Crippen LogP contribution in [0.15, 0.2) is 63.7 Å². The lowest BCUT2D eigenvalue weighted by molar-refractivity contribution is 0.225. The van der Waals surface area contributed by atoms with Gasteiger partial charge in [0.15, 0.2) is 11.8 Å². The molecule has 176 valence electrons. The quantitative estimate of drug-likeness (QED) is 0.386. The Kier molecular flexibility index (Phi) is 6.68.